The zero-order valence-corrected chi connectivity index (χ0v) is 17.7. The minimum Gasteiger partial charge on any atom is -0.378 e. The third kappa shape index (κ3) is 5.94. The second-order valence-corrected chi connectivity index (χ2v) is 9.69. The summed E-state index contributed by atoms with van der Waals surface area (Å²) >= 11 is 4.01. The van der Waals surface area contributed by atoms with Gasteiger partial charge in [0.25, 0.3) is 5.91 Å². The molecule has 27 heavy (non-hydrogen) atoms. The van der Waals surface area contributed by atoms with E-state index in [1.807, 2.05) is 49.8 Å². The van der Waals surface area contributed by atoms with Crippen LogP contribution in [0.3, 0.4) is 0 Å². The molecule has 1 aliphatic rings. The molecule has 1 fully saturated rings. The number of nitrogens with zero attached hydrogens (tertiary/aromatic N) is 1. The molecule has 2 aromatic carbocycles. The molecular formula is C22H28N2OS2. The largest absolute Gasteiger partial charge is 0.378 e. The molecule has 1 saturated heterocycles. The second kappa shape index (κ2) is 10.1. The Labute approximate surface area is 171 Å². The lowest BCUT2D eigenvalue weighted by Gasteiger charge is -2.21. The van der Waals surface area contributed by atoms with Crippen LogP contribution in [0.15, 0.2) is 48.5 Å². The fraction of sp³-hybridized carbons (Fsp3) is 0.409. The Hall–Kier alpha value is -1.59. The third-order valence-corrected chi connectivity index (χ3v) is 7.67. The number of benzene rings is 2. The van der Waals surface area contributed by atoms with Gasteiger partial charge in [0, 0.05) is 31.9 Å². The molecule has 0 aliphatic carbocycles. The Bertz CT molecular complexity index is 723. The van der Waals surface area contributed by atoms with E-state index < -0.39 is 0 Å². The van der Waals surface area contributed by atoms with Crippen LogP contribution in [0.25, 0.3) is 0 Å². The summed E-state index contributed by atoms with van der Waals surface area (Å²) in [6.07, 6.45) is 3.22. The highest BCUT2D eigenvalue weighted by molar-refractivity contribution is 8.16. The van der Waals surface area contributed by atoms with Crippen LogP contribution in [0.2, 0.25) is 0 Å². The highest BCUT2D eigenvalue weighted by Gasteiger charge is 2.16. The molecule has 144 valence electrons. The van der Waals surface area contributed by atoms with Crippen molar-refractivity contribution in [1.29, 1.82) is 0 Å². The Kier molecular flexibility index (Phi) is 7.53. The van der Waals surface area contributed by atoms with Crippen LogP contribution in [-0.4, -0.2) is 38.1 Å². The molecule has 3 rings (SSSR count). The van der Waals surface area contributed by atoms with E-state index in [2.05, 4.69) is 46.6 Å². The Morgan fingerprint density at radius 1 is 1.04 bits per heavy atom. The summed E-state index contributed by atoms with van der Waals surface area (Å²) < 4.78 is 0.523. The second-order valence-electron chi connectivity index (χ2n) is 6.97. The van der Waals surface area contributed by atoms with Crippen LogP contribution < -0.4 is 10.2 Å². The fourth-order valence-corrected chi connectivity index (χ4v) is 5.92. The zero-order valence-electron chi connectivity index (χ0n) is 16.1. The maximum Gasteiger partial charge on any atom is 0.251 e. The van der Waals surface area contributed by atoms with E-state index in [0.29, 0.717) is 11.1 Å². The number of carbonyl (C=O) groups excluding carboxylic acids is 1. The predicted molar refractivity (Wildman–Crippen MR) is 120 cm³/mol. The lowest BCUT2D eigenvalue weighted by Crippen LogP contribution is -2.24. The first-order valence-corrected chi connectivity index (χ1v) is 11.6. The number of hydrogen-bond donors (Lipinski definition) is 1. The van der Waals surface area contributed by atoms with E-state index in [4.69, 9.17) is 0 Å². The summed E-state index contributed by atoms with van der Waals surface area (Å²) in [6.45, 7) is 0.699. The summed E-state index contributed by atoms with van der Waals surface area (Å²) in [7, 11) is 4.09. The van der Waals surface area contributed by atoms with E-state index in [9.17, 15) is 4.79 Å². The minimum atomic E-state index is 0.0217. The van der Waals surface area contributed by atoms with Crippen molar-refractivity contribution in [3.63, 3.8) is 0 Å². The number of thioether (sulfide) groups is 2. The van der Waals surface area contributed by atoms with E-state index >= 15 is 0 Å². The molecule has 1 heterocycles. The van der Waals surface area contributed by atoms with Crippen molar-refractivity contribution in [3.8, 4) is 0 Å². The molecule has 0 radical (unpaired) electrons. The molecule has 0 unspecified atom stereocenters. The van der Waals surface area contributed by atoms with E-state index in [0.717, 1.165) is 18.4 Å². The van der Waals surface area contributed by atoms with Crippen molar-refractivity contribution in [2.75, 3.05) is 37.0 Å². The van der Waals surface area contributed by atoms with E-state index in [-0.39, 0.29) is 5.91 Å². The number of aryl methyl sites for hydroxylation is 1. The molecule has 0 aromatic heterocycles. The Morgan fingerprint density at radius 3 is 2.33 bits per heavy atom. The van der Waals surface area contributed by atoms with Gasteiger partial charge in [-0.05, 0) is 66.2 Å². The van der Waals surface area contributed by atoms with Crippen molar-refractivity contribution in [2.24, 2.45) is 0 Å². The number of amides is 1. The maximum absolute atomic E-state index is 12.3. The first kappa shape index (κ1) is 20.2. The highest BCUT2D eigenvalue weighted by Crippen LogP contribution is 2.43. The van der Waals surface area contributed by atoms with Crippen LogP contribution in [0.5, 0.6) is 0 Å². The van der Waals surface area contributed by atoms with Crippen LogP contribution in [-0.2, 0) is 6.42 Å². The van der Waals surface area contributed by atoms with Crippen molar-refractivity contribution in [3.05, 3.63) is 65.2 Å². The van der Waals surface area contributed by atoms with E-state index in [1.165, 1.54) is 34.7 Å². The molecule has 2 aromatic rings. The summed E-state index contributed by atoms with van der Waals surface area (Å²) in [5.41, 5.74) is 4.59. The molecule has 1 amide bonds. The van der Waals surface area contributed by atoms with Gasteiger partial charge in [0.1, 0.15) is 0 Å². The lowest BCUT2D eigenvalue weighted by atomic mass is 10.1. The van der Waals surface area contributed by atoms with Gasteiger partial charge in [-0.2, -0.15) is 0 Å². The van der Waals surface area contributed by atoms with Gasteiger partial charge in [-0.1, -0.05) is 24.3 Å². The molecule has 3 nitrogen and oxygen atoms in total. The summed E-state index contributed by atoms with van der Waals surface area (Å²) in [4.78, 5) is 14.4. The van der Waals surface area contributed by atoms with Crippen LogP contribution >= 0.6 is 23.5 Å². The number of hydrogen-bond acceptors (Lipinski definition) is 4. The standard InChI is InChI=1S/C22H28N2OS2/c1-24(2)20-12-6-17(7-13-20)5-3-14-23-21(25)18-8-10-19(11-9-18)22-26-15-4-16-27-22/h6-13,22H,3-5,14-16H2,1-2H3,(H,23,25). The van der Waals surface area contributed by atoms with Gasteiger partial charge in [0.05, 0.1) is 4.58 Å². The van der Waals surface area contributed by atoms with Gasteiger partial charge < -0.3 is 10.2 Å². The van der Waals surface area contributed by atoms with Gasteiger partial charge in [-0.15, -0.1) is 23.5 Å². The normalized spacial score (nSPS) is 14.7. The van der Waals surface area contributed by atoms with Gasteiger partial charge in [-0.25, -0.2) is 0 Å². The Balaban J connectivity index is 1.42. The topological polar surface area (TPSA) is 32.3 Å². The lowest BCUT2D eigenvalue weighted by molar-refractivity contribution is 0.0953. The molecule has 0 bridgehead atoms. The predicted octanol–water partition coefficient (Wildman–Crippen LogP) is 4.98. The minimum absolute atomic E-state index is 0.0217. The number of anilines is 1. The fourth-order valence-electron chi connectivity index (χ4n) is 3.03. The van der Waals surface area contributed by atoms with Crippen molar-refractivity contribution in [1.82, 2.24) is 5.32 Å². The summed E-state index contributed by atoms with van der Waals surface area (Å²) in [6, 6.07) is 16.7. The number of carbonyl (C=O) groups is 1. The molecule has 0 atom stereocenters. The summed E-state index contributed by atoms with van der Waals surface area (Å²) in [5, 5.41) is 3.04. The van der Waals surface area contributed by atoms with Gasteiger partial charge in [-0.3, -0.25) is 4.79 Å². The zero-order chi connectivity index (χ0) is 19.1. The van der Waals surface area contributed by atoms with Gasteiger partial charge in [0.15, 0.2) is 0 Å². The van der Waals surface area contributed by atoms with Gasteiger partial charge in [0.2, 0.25) is 0 Å². The Morgan fingerprint density at radius 2 is 1.70 bits per heavy atom. The van der Waals surface area contributed by atoms with Crippen molar-refractivity contribution < 1.29 is 4.79 Å². The van der Waals surface area contributed by atoms with Crippen LogP contribution in [0.1, 0.15) is 38.9 Å². The first-order valence-electron chi connectivity index (χ1n) is 9.51. The summed E-state index contributed by atoms with van der Waals surface area (Å²) in [5.74, 6) is 2.49. The third-order valence-electron chi connectivity index (χ3n) is 4.65. The van der Waals surface area contributed by atoms with E-state index in [1.54, 1.807) is 0 Å². The van der Waals surface area contributed by atoms with Crippen LogP contribution in [0, 0.1) is 0 Å². The van der Waals surface area contributed by atoms with Gasteiger partial charge >= 0.3 is 0 Å². The molecule has 0 spiro atoms. The first-order chi connectivity index (χ1) is 13.1. The number of nitrogens with one attached hydrogen (secondary N) is 1. The molecule has 1 N–H and O–H groups in total. The molecule has 0 saturated carbocycles. The molecule has 1 aliphatic heterocycles. The van der Waals surface area contributed by atoms with Crippen LogP contribution in [0.4, 0.5) is 5.69 Å². The monoisotopic (exact) mass is 400 g/mol. The van der Waals surface area contributed by atoms with Crippen molar-refractivity contribution >= 4 is 35.1 Å². The average molecular weight is 401 g/mol. The number of rotatable bonds is 7. The quantitative estimate of drug-likeness (QED) is 0.664. The SMILES string of the molecule is CN(C)c1ccc(CCCNC(=O)c2ccc(C3SCCCS3)cc2)cc1. The highest BCUT2D eigenvalue weighted by atomic mass is 32.2. The molecule has 5 heteroatoms. The maximum atomic E-state index is 12.3. The average Bonchev–Trinajstić information content (AvgIpc) is 2.72. The smallest absolute Gasteiger partial charge is 0.251 e. The molecular weight excluding hydrogens is 372 g/mol. The van der Waals surface area contributed by atoms with Crippen molar-refractivity contribution in [2.45, 2.75) is 23.8 Å².